The minimum Gasteiger partial charge on any atom is -0.461 e. The van der Waals surface area contributed by atoms with Gasteiger partial charge in [0, 0.05) is 18.3 Å². The van der Waals surface area contributed by atoms with Gasteiger partial charge in [-0.25, -0.2) is 0 Å². The van der Waals surface area contributed by atoms with Gasteiger partial charge in [-0.05, 0) is 98.2 Å². The zero-order valence-corrected chi connectivity index (χ0v) is 26.4. The number of hydrogen-bond acceptors (Lipinski definition) is 3. The van der Waals surface area contributed by atoms with Gasteiger partial charge in [0.15, 0.2) is 0 Å². The molecule has 4 aliphatic carbocycles. The number of carbonyl (C=O) groups excluding carboxylic acids is 1. The molecule has 0 radical (unpaired) electrons. The van der Waals surface area contributed by atoms with Crippen LogP contribution in [0.4, 0.5) is 0 Å². The first-order valence-electron chi connectivity index (χ1n) is 16.8. The highest BCUT2D eigenvalue weighted by Crippen LogP contribution is 2.67. The fourth-order valence-corrected chi connectivity index (χ4v) is 9.95. The number of hydrogen-bond donors (Lipinski definition) is 1. The number of aliphatic hydroxyl groups excluding tert-OH is 1. The molecule has 39 heavy (non-hydrogen) atoms. The Hall–Kier alpha value is -1.09. The van der Waals surface area contributed by atoms with Crippen LogP contribution in [0.25, 0.3) is 0 Å². The van der Waals surface area contributed by atoms with Gasteiger partial charge in [0.25, 0.3) is 0 Å². The van der Waals surface area contributed by atoms with Gasteiger partial charge in [0.2, 0.25) is 0 Å². The topological polar surface area (TPSA) is 46.5 Å². The number of aliphatic hydroxyl groups is 1. The molecule has 3 fully saturated rings. The average molecular weight is 541 g/mol. The predicted molar refractivity (Wildman–Crippen MR) is 162 cm³/mol. The molecular weight excluding hydrogens is 480 g/mol. The van der Waals surface area contributed by atoms with Crippen molar-refractivity contribution in [2.75, 3.05) is 0 Å². The molecule has 1 N–H and O–H groups in total. The molecule has 3 heteroatoms. The van der Waals surface area contributed by atoms with Crippen LogP contribution in [0.3, 0.4) is 0 Å². The summed E-state index contributed by atoms with van der Waals surface area (Å²) < 4.78 is 6.29. The van der Waals surface area contributed by atoms with Crippen molar-refractivity contribution in [2.45, 2.75) is 144 Å². The highest BCUT2D eigenvalue weighted by atomic mass is 16.5. The van der Waals surface area contributed by atoms with Gasteiger partial charge in [-0.2, -0.15) is 0 Å². The van der Waals surface area contributed by atoms with E-state index in [0.717, 1.165) is 37.5 Å². The fraction of sp³-hybridized carbons (Fsp3) is 0.861. The van der Waals surface area contributed by atoms with Crippen LogP contribution in [0.1, 0.15) is 132 Å². The lowest BCUT2D eigenvalue weighted by Gasteiger charge is -2.60. The predicted octanol–water partition coefficient (Wildman–Crippen LogP) is 9.29. The Balaban J connectivity index is 1.51. The van der Waals surface area contributed by atoms with Crippen molar-refractivity contribution < 1.29 is 14.6 Å². The second-order valence-electron chi connectivity index (χ2n) is 14.8. The molecule has 0 aliphatic heterocycles. The molecule has 0 bridgehead atoms. The Kier molecular flexibility index (Phi) is 10.2. The van der Waals surface area contributed by atoms with E-state index in [2.05, 4.69) is 66.7 Å². The highest BCUT2D eigenvalue weighted by molar-refractivity contribution is 5.69. The van der Waals surface area contributed by atoms with Gasteiger partial charge in [-0.15, -0.1) is 0 Å². The van der Waals surface area contributed by atoms with Crippen molar-refractivity contribution in [3.63, 3.8) is 0 Å². The van der Waals surface area contributed by atoms with E-state index in [-0.39, 0.29) is 17.5 Å². The van der Waals surface area contributed by atoms with Crippen molar-refractivity contribution in [2.24, 2.45) is 52.3 Å². The van der Waals surface area contributed by atoms with Crippen LogP contribution >= 0.6 is 0 Å². The Morgan fingerprint density at radius 3 is 2.54 bits per heavy atom. The summed E-state index contributed by atoms with van der Waals surface area (Å²) in [6.45, 7) is 16.7. The quantitative estimate of drug-likeness (QED) is 0.161. The van der Waals surface area contributed by atoms with Gasteiger partial charge >= 0.3 is 5.97 Å². The van der Waals surface area contributed by atoms with Crippen LogP contribution in [0.15, 0.2) is 23.8 Å². The first-order chi connectivity index (χ1) is 18.6. The van der Waals surface area contributed by atoms with E-state index in [9.17, 15) is 9.90 Å². The second-order valence-corrected chi connectivity index (χ2v) is 14.8. The van der Waals surface area contributed by atoms with E-state index in [1.54, 1.807) is 0 Å². The number of rotatable bonds is 11. The Morgan fingerprint density at radius 1 is 1.08 bits per heavy atom. The standard InChI is InChI=1S/C36H60O3/c1-8-10-11-12-13-34(38)39-33-23-28(37)22-27-16-17-29-31-19-18-30(25(5)14-15-26(9-2)24(3)4)35(31,6)21-20-32(29)36(27,33)7/h14-16,24-26,28-33,37H,8-13,17-23H2,1-7H3/b15-14+/t25-,26+,28+,29+,30-,31+,32+,33?,35-,36+/m1/s1. The zero-order valence-electron chi connectivity index (χ0n) is 26.4. The average Bonchev–Trinajstić information content (AvgIpc) is 3.25. The minimum absolute atomic E-state index is 0.0538. The van der Waals surface area contributed by atoms with Crippen molar-refractivity contribution in [3.8, 4) is 0 Å². The smallest absolute Gasteiger partial charge is 0.306 e. The lowest BCUT2D eigenvalue weighted by Crippen LogP contribution is -2.56. The Bertz CT molecular complexity index is 888. The van der Waals surface area contributed by atoms with Crippen LogP contribution in [0.2, 0.25) is 0 Å². The summed E-state index contributed by atoms with van der Waals surface area (Å²) in [6.07, 6.45) is 20.8. The maximum atomic E-state index is 13.0. The number of ether oxygens (including phenoxy) is 1. The summed E-state index contributed by atoms with van der Waals surface area (Å²) >= 11 is 0. The SMILES string of the molecule is CCCCCCC(=O)OC1C[C@@H](O)CC2=CC[C@H]3[C@@H]4CC[C@H]([C@H](C)/C=C/[C@H](CC)C(C)C)[C@@]4(C)CC[C@@H]3[C@]21C. The molecule has 0 aromatic heterocycles. The molecule has 3 saturated carbocycles. The molecule has 0 amide bonds. The maximum absolute atomic E-state index is 13.0. The van der Waals surface area contributed by atoms with Crippen molar-refractivity contribution >= 4 is 5.97 Å². The van der Waals surface area contributed by atoms with Crippen LogP contribution in [0, 0.1) is 52.3 Å². The van der Waals surface area contributed by atoms with E-state index in [0.29, 0.717) is 47.8 Å². The van der Waals surface area contributed by atoms with Crippen LogP contribution in [-0.4, -0.2) is 23.3 Å². The summed E-state index contributed by atoms with van der Waals surface area (Å²) in [6, 6.07) is 0. The van der Waals surface area contributed by atoms with Gasteiger partial charge in [-0.3, -0.25) is 4.79 Å². The van der Waals surface area contributed by atoms with Crippen LogP contribution < -0.4 is 0 Å². The highest BCUT2D eigenvalue weighted by Gasteiger charge is 2.61. The molecule has 1 unspecified atom stereocenters. The largest absolute Gasteiger partial charge is 0.461 e. The van der Waals surface area contributed by atoms with Gasteiger partial charge in [0.1, 0.15) is 6.10 Å². The molecule has 0 spiro atoms. The third kappa shape index (κ3) is 6.09. The number of unbranched alkanes of at least 4 members (excludes halogenated alkanes) is 3. The Labute approximate surface area is 240 Å². The number of carbonyl (C=O) groups is 1. The van der Waals surface area contributed by atoms with Crippen LogP contribution in [0.5, 0.6) is 0 Å². The first kappa shape index (κ1) is 30.9. The molecular formula is C36H60O3. The summed E-state index contributed by atoms with van der Waals surface area (Å²) in [4.78, 5) is 13.0. The first-order valence-corrected chi connectivity index (χ1v) is 16.8. The number of allylic oxidation sites excluding steroid dienone is 3. The molecule has 10 atom stereocenters. The second kappa shape index (κ2) is 12.8. The number of fused-ring (bicyclic) bond motifs is 5. The summed E-state index contributed by atoms with van der Waals surface area (Å²) in [5.74, 6) is 4.68. The molecule has 0 aromatic rings. The van der Waals surface area contributed by atoms with Crippen molar-refractivity contribution in [1.29, 1.82) is 0 Å². The zero-order chi connectivity index (χ0) is 28.4. The van der Waals surface area contributed by atoms with Crippen molar-refractivity contribution in [1.82, 2.24) is 0 Å². The van der Waals surface area contributed by atoms with E-state index < -0.39 is 6.10 Å². The van der Waals surface area contributed by atoms with Gasteiger partial charge < -0.3 is 9.84 Å². The maximum Gasteiger partial charge on any atom is 0.306 e. The molecule has 3 nitrogen and oxygen atoms in total. The van der Waals surface area contributed by atoms with E-state index in [1.165, 1.54) is 50.5 Å². The summed E-state index contributed by atoms with van der Waals surface area (Å²) in [5.41, 5.74) is 1.64. The molecule has 0 saturated heterocycles. The van der Waals surface area contributed by atoms with Gasteiger partial charge in [0.05, 0.1) is 6.10 Å². The minimum atomic E-state index is -0.395. The summed E-state index contributed by atoms with van der Waals surface area (Å²) in [5, 5.41) is 10.8. The van der Waals surface area contributed by atoms with Gasteiger partial charge in [-0.1, -0.05) is 91.5 Å². The molecule has 222 valence electrons. The van der Waals surface area contributed by atoms with E-state index in [1.807, 2.05) is 0 Å². The summed E-state index contributed by atoms with van der Waals surface area (Å²) in [7, 11) is 0. The fourth-order valence-electron chi connectivity index (χ4n) is 9.95. The monoisotopic (exact) mass is 540 g/mol. The molecule has 0 aromatic carbocycles. The van der Waals surface area contributed by atoms with Crippen LogP contribution in [-0.2, 0) is 9.53 Å². The third-order valence-corrected chi connectivity index (χ3v) is 12.4. The normalized spacial score (nSPS) is 39.6. The Morgan fingerprint density at radius 2 is 1.85 bits per heavy atom. The third-order valence-electron chi connectivity index (χ3n) is 12.4. The van der Waals surface area contributed by atoms with Crippen molar-refractivity contribution in [3.05, 3.63) is 23.8 Å². The molecule has 0 heterocycles. The van der Waals surface area contributed by atoms with E-state index >= 15 is 0 Å². The van der Waals surface area contributed by atoms with E-state index in [4.69, 9.17) is 4.74 Å². The number of esters is 1. The lowest BCUT2D eigenvalue weighted by atomic mass is 9.46. The lowest BCUT2D eigenvalue weighted by molar-refractivity contribution is -0.169. The molecule has 4 rings (SSSR count). The molecule has 4 aliphatic rings.